The normalized spacial score (nSPS) is 12.3. The number of rotatable bonds is 25. The number of carboxylic acids is 1. The molecule has 0 aliphatic carbocycles. The molecular formula is C30H53NO5. The van der Waals surface area contributed by atoms with E-state index in [1.165, 1.54) is 38.5 Å². The summed E-state index contributed by atoms with van der Waals surface area (Å²) in [6.07, 6.45) is 27.9. The molecule has 6 nitrogen and oxygen atoms in total. The van der Waals surface area contributed by atoms with Crippen LogP contribution in [0.3, 0.4) is 0 Å². The number of esters is 1. The van der Waals surface area contributed by atoms with Crippen LogP contribution in [-0.2, 0) is 19.1 Å². The van der Waals surface area contributed by atoms with E-state index >= 15 is 0 Å². The number of unbranched alkanes of at least 4 members (excludes halogenated alkanes) is 10. The van der Waals surface area contributed by atoms with Crippen LogP contribution < -0.4 is 5.32 Å². The molecule has 1 amide bonds. The Balaban J connectivity index is 3.72. The van der Waals surface area contributed by atoms with Crippen molar-refractivity contribution in [2.75, 3.05) is 6.54 Å². The van der Waals surface area contributed by atoms with Gasteiger partial charge in [-0.15, -0.1) is 0 Å². The summed E-state index contributed by atoms with van der Waals surface area (Å²) in [4.78, 5) is 34.2. The minimum Gasteiger partial charge on any atom is -0.480 e. The highest BCUT2D eigenvalue weighted by molar-refractivity contribution is 5.80. The van der Waals surface area contributed by atoms with Gasteiger partial charge in [0.25, 0.3) is 0 Å². The lowest BCUT2D eigenvalue weighted by molar-refractivity contribution is -0.150. The maximum Gasteiger partial charge on any atom is 0.322 e. The van der Waals surface area contributed by atoms with Crippen molar-refractivity contribution >= 4 is 17.8 Å². The van der Waals surface area contributed by atoms with Crippen molar-refractivity contribution in [3.63, 3.8) is 0 Å². The van der Waals surface area contributed by atoms with Crippen LogP contribution in [0.4, 0.5) is 0 Å². The lowest BCUT2D eigenvalue weighted by atomic mass is 10.1. The Kier molecular flexibility index (Phi) is 24.4. The standard InChI is InChI=1S/C30H53NO5/c1-3-5-6-7-8-9-10-11-12-13-14-15-16-17-21-25-30(35)36-27(22-4-2)23-19-18-20-24-28(32)31-26-29(33)34/h8-9,11-12,27H,3-7,10,13-26H2,1-2H3,(H,31,32)(H,33,34)/b9-8-,12-11-. The fraction of sp³-hybridized carbons (Fsp3) is 0.767. The summed E-state index contributed by atoms with van der Waals surface area (Å²) in [7, 11) is 0. The molecular weight excluding hydrogens is 454 g/mol. The maximum absolute atomic E-state index is 12.2. The first-order chi connectivity index (χ1) is 17.5. The lowest BCUT2D eigenvalue weighted by Gasteiger charge is -2.17. The molecule has 0 aliphatic rings. The predicted molar refractivity (Wildman–Crippen MR) is 148 cm³/mol. The number of ether oxygens (including phenoxy) is 1. The molecule has 208 valence electrons. The van der Waals surface area contributed by atoms with Crippen LogP contribution in [0.5, 0.6) is 0 Å². The number of aliphatic carboxylic acids is 1. The van der Waals surface area contributed by atoms with Gasteiger partial charge < -0.3 is 15.2 Å². The number of carbonyl (C=O) groups is 3. The first-order valence-electron chi connectivity index (χ1n) is 14.5. The van der Waals surface area contributed by atoms with Crippen molar-refractivity contribution in [2.45, 2.75) is 142 Å². The zero-order chi connectivity index (χ0) is 26.7. The summed E-state index contributed by atoms with van der Waals surface area (Å²) in [5.74, 6) is -1.36. The van der Waals surface area contributed by atoms with Crippen molar-refractivity contribution in [2.24, 2.45) is 0 Å². The molecule has 0 aromatic rings. The quantitative estimate of drug-likeness (QED) is 0.0751. The minimum absolute atomic E-state index is 0.0405. The van der Waals surface area contributed by atoms with E-state index in [1.54, 1.807) is 0 Å². The minimum atomic E-state index is -1.03. The molecule has 36 heavy (non-hydrogen) atoms. The molecule has 0 bridgehead atoms. The molecule has 0 fully saturated rings. The number of carboxylic acid groups (broad SMARTS) is 1. The first kappa shape index (κ1) is 33.9. The molecule has 0 aromatic carbocycles. The number of nitrogens with one attached hydrogen (secondary N) is 1. The Morgan fingerprint density at radius 3 is 2.00 bits per heavy atom. The maximum atomic E-state index is 12.2. The van der Waals surface area contributed by atoms with E-state index < -0.39 is 5.97 Å². The molecule has 2 N–H and O–H groups in total. The molecule has 0 radical (unpaired) electrons. The van der Waals surface area contributed by atoms with Crippen LogP contribution in [0.2, 0.25) is 0 Å². The van der Waals surface area contributed by atoms with Gasteiger partial charge in [0.2, 0.25) is 5.91 Å². The first-order valence-corrected chi connectivity index (χ1v) is 14.5. The molecule has 0 heterocycles. The zero-order valence-corrected chi connectivity index (χ0v) is 23.1. The highest BCUT2D eigenvalue weighted by atomic mass is 16.5. The summed E-state index contributed by atoms with van der Waals surface area (Å²) >= 11 is 0. The summed E-state index contributed by atoms with van der Waals surface area (Å²) in [6.45, 7) is 3.99. The molecule has 6 heteroatoms. The number of hydrogen-bond acceptors (Lipinski definition) is 4. The van der Waals surface area contributed by atoms with E-state index in [1.807, 2.05) is 0 Å². The highest BCUT2D eigenvalue weighted by Gasteiger charge is 2.13. The van der Waals surface area contributed by atoms with Crippen molar-refractivity contribution in [3.05, 3.63) is 24.3 Å². The zero-order valence-electron chi connectivity index (χ0n) is 23.1. The van der Waals surface area contributed by atoms with E-state index in [4.69, 9.17) is 9.84 Å². The third-order valence-electron chi connectivity index (χ3n) is 6.11. The van der Waals surface area contributed by atoms with Crippen molar-refractivity contribution in [3.8, 4) is 0 Å². The van der Waals surface area contributed by atoms with E-state index in [-0.39, 0.29) is 24.5 Å². The highest BCUT2D eigenvalue weighted by Crippen LogP contribution is 2.15. The molecule has 0 saturated carbocycles. The second-order valence-corrected chi connectivity index (χ2v) is 9.65. The largest absolute Gasteiger partial charge is 0.480 e. The second kappa shape index (κ2) is 26.0. The Labute approximate surface area is 220 Å². The topological polar surface area (TPSA) is 92.7 Å². The van der Waals surface area contributed by atoms with Crippen molar-refractivity contribution in [1.82, 2.24) is 5.32 Å². The van der Waals surface area contributed by atoms with Crippen LogP contribution in [-0.4, -0.2) is 35.6 Å². The van der Waals surface area contributed by atoms with Gasteiger partial charge in [0.05, 0.1) is 0 Å². The van der Waals surface area contributed by atoms with E-state index in [0.29, 0.717) is 19.3 Å². The summed E-state index contributed by atoms with van der Waals surface area (Å²) < 4.78 is 5.70. The third-order valence-corrected chi connectivity index (χ3v) is 6.11. The molecule has 1 unspecified atom stereocenters. The summed E-state index contributed by atoms with van der Waals surface area (Å²) in [6, 6.07) is 0. The Bertz CT molecular complexity index is 614. The predicted octanol–water partition coefficient (Wildman–Crippen LogP) is 7.66. The second-order valence-electron chi connectivity index (χ2n) is 9.65. The van der Waals surface area contributed by atoms with E-state index in [9.17, 15) is 14.4 Å². The molecule has 0 spiro atoms. The van der Waals surface area contributed by atoms with Gasteiger partial charge in [-0.2, -0.15) is 0 Å². The van der Waals surface area contributed by atoms with E-state index in [2.05, 4.69) is 43.5 Å². The van der Waals surface area contributed by atoms with Gasteiger partial charge in [0.1, 0.15) is 12.6 Å². The average molecular weight is 508 g/mol. The molecule has 0 rings (SSSR count). The average Bonchev–Trinajstić information content (AvgIpc) is 2.85. The molecule has 0 aliphatic heterocycles. The smallest absolute Gasteiger partial charge is 0.322 e. The van der Waals surface area contributed by atoms with Gasteiger partial charge in [-0.3, -0.25) is 14.4 Å². The van der Waals surface area contributed by atoms with Crippen LogP contribution >= 0.6 is 0 Å². The van der Waals surface area contributed by atoms with Gasteiger partial charge in [-0.05, 0) is 64.2 Å². The molecule has 1 atom stereocenters. The third kappa shape index (κ3) is 25.0. The monoisotopic (exact) mass is 507 g/mol. The van der Waals surface area contributed by atoms with Gasteiger partial charge in [-0.25, -0.2) is 0 Å². The number of amides is 1. The van der Waals surface area contributed by atoms with Crippen molar-refractivity contribution in [1.29, 1.82) is 0 Å². The van der Waals surface area contributed by atoms with Gasteiger partial charge >= 0.3 is 11.9 Å². The Morgan fingerprint density at radius 1 is 0.722 bits per heavy atom. The van der Waals surface area contributed by atoms with Crippen LogP contribution in [0.25, 0.3) is 0 Å². The summed E-state index contributed by atoms with van der Waals surface area (Å²) in [5, 5.41) is 10.9. The van der Waals surface area contributed by atoms with Gasteiger partial charge in [0.15, 0.2) is 0 Å². The fourth-order valence-corrected chi connectivity index (χ4v) is 4.01. The summed E-state index contributed by atoms with van der Waals surface area (Å²) in [5.41, 5.74) is 0. The Hall–Kier alpha value is -2.11. The SMILES string of the molecule is CCCCC/C=C\C/C=C\CCCCCCCC(=O)OC(CCC)CCCCCC(=O)NCC(=O)O. The Morgan fingerprint density at radius 2 is 1.33 bits per heavy atom. The number of allylic oxidation sites excluding steroid dienone is 4. The van der Waals surface area contributed by atoms with Gasteiger partial charge in [0, 0.05) is 12.8 Å². The van der Waals surface area contributed by atoms with Crippen LogP contribution in [0.1, 0.15) is 136 Å². The van der Waals surface area contributed by atoms with Crippen molar-refractivity contribution < 1.29 is 24.2 Å². The molecule has 0 aromatic heterocycles. The van der Waals surface area contributed by atoms with Gasteiger partial charge in [-0.1, -0.05) is 83.1 Å². The number of hydrogen-bond donors (Lipinski definition) is 2. The molecule has 0 saturated heterocycles. The van der Waals surface area contributed by atoms with E-state index in [0.717, 1.165) is 64.2 Å². The van der Waals surface area contributed by atoms with Crippen LogP contribution in [0, 0.1) is 0 Å². The number of carbonyl (C=O) groups excluding carboxylic acids is 2. The lowest BCUT2D eigenvalue weighted by Crippen LogP contribution is -2.28. The van der Waals surface area contributed by atoms with Crippen LogP contribution in [0.15, 0.2) is 24.3 Å². The fourth-order valence-electron chi connectivity index (χ4n) is 4.01.